The molecule has 4 heteroatoms. The van der Waals surface area contributed by atoms with E-state index in [1.807, 2.05) is 25.1 Å². The van der Waals surface area contributed by atoms with Gasteiger partial charge in [-0.15, -0.1) is 0 Å². The molecule has 1 aromatic rings. The molecule has 2 unspecified atom stereocenters. The van der Waals surface area contributed by atoms with E-state index in [-0.39, 0.29) is 12.1 Å². The third-order valence-corrected chi connectivity index (χ3v) is 3.31. The highest BCUT2D eigenvalue weighted by atomic mass is 16.5. The Labute approximate surface area is 122 Å². The normalized spacial score (nSPS) is 13.8. The molecule has 2 atom stereocenters. The van der Waals surface area contributed by atoms with Crippen molar-refractivity contribution in [1.29, 1.82) is 0 Å². The van der Waals surface area contributed by atoms with Gasteiger partial charge in [-0.05, 0) is 37.5 Å². The number of hydrogen-bond acceptors (Lipinski definition) is 4. The van der Waals surface area contributed by atoms with Gasteiger partial charge in [-0.3, -0.25) is 0 Å². The van der Waals surface area contributed by atoms with E-state index in [1.165, 1.54) is 5.56 Å². The average Bonchev–Trinajstić information content (AvgIpc) is 2.45. The highest BCUT2D eigenvalue weighted by molar-refractivity contribution is 5.43. The highest BCUT2D eigenvalue weighted by Gasteiger charge is 2.11. The third-order valence-electron chi connectivity index (χ3n) is 3.31. The lowest BCUT2D eigenvalue weighted by atomic mass is 10.0. The molecule has 0 aliphatic rings. The first kappa shape index (κ1) is 16.8. The minimum atomic E-state index is 0.0824. The Morgan fingerprint density at radius 2 is 1.95 bits per heavy atom. The van der Waals surface area contributed by atoms with E-state index < -0.39 is 0 Å². The van der Waals surface area contributed by atoms with Crippen molar-refractivity contribution in [3.05, 3.63) is 23.8 Å². The zero-order chi connectivity index (χ0) is 15.0. The van der Waals surface area contributed by atoms with Crippen molar-refractivity contribution in [3.8, 4) is 11.5 Å². The van der Waals surface area contributed by atoms with E-state index in [9.17, 15) is 0 Å². The van der Waals surface area contributed by atoms with E-state index in [4.69, 9.17) is 19.9 Å². The molecule has 0 aliphatic carbocycles. The van der Waals surface area contributed by atoms with Crippen LogP contribution in [0.25, 0.3) is 0 Å². The summed E-state index contributed by atoms with van der Waals surface area (Å²) in [7, 11) is 3.35. The van der Waals surface area contributed by atoms with Gasteiger partial charge in [0.25, 0.3) is 0 Å². The largest absolute Gasteiger partial charge is 0.493 e. The molecule has 0 bridgehead atoms. The van der Waals surface area contributed by atoms with Crippen molar-refractivity contribution in [3.63, 3.8) is 0 Å². The van der Waals surface area contributed by atoms with Crippen LogP contribution in [-0.4, -0.2) is 33.0 Å². The van der Waals surface area contributed by atoms with E-state index in [2.05, 4.69) is 6.92 Å². The maximum absolute atomic E-state index is 6.00. The Hall–Kier alpha value is -1.26. The quantitative estimate of drug-likeness (QED) is 0.756. The first-order chi connectivity index (χ1) is 9.60. The van der Waals surface area contributed by atoms with Crippen LogP contribution in [0.15, 0.2) is 18.2 Å². The lowest BCUT2D eigenvalue weighted by molar-refractivity contribution is 0.132. The maximum Gasteiger partial charge on any atom is 0.161 e. The van der Waals surface area contributed by atoms with Gasteiger partial charge in [0.2, 0.25) is 0 Å². The summed E-state index contributed by atoms with van der Waals surface area (Å²) in [5.41, 5.74) is 7.18. The molecular weight excluding hydrogens is 254 g/mol. The van der Waals surface area contributed by atoms with Crippen molar-refractivity contribution >= 4 is 0 Å². The van der Waals surface area contributed by atoms with Crippen molar-refractivity contribution in [2.75, 3.05) is 20.8 Å². The molecular formula is C16H27NO3. The summed E-state index contributed by atoms with van der Waals surface area (Å²) < 4.78 is 16.4. The predicted molar refractivity (Wildman–Crippen MR) is 81.5 cm³/mol. The summed E-state index contributed by atoms with van der Waals surface area (Å²) in [6, 6.07) is 6.19. The smallest absolute Gasteiger partial charge is 0.161 e. The van der Waals surface area contributed by atoms with Crippen LogP contribution < -0.4 is 15.2 Å². The van der Waals surface area contributed by atoms with E-state index in [1.54, 1.807) is 14.2 Å². The van der Waals surface area contributed by atoms with Crippen molar-refractivity contribution < 1.29 is 14.2 Å². The molecule has 4 nitrogen and oxygen atoms in total. The second kappa shape index (κ2) is 8.82. The summed E-state index contributed by atoms with van der Waals surface area (Å²) >= 11 is 0. The van der Waals surface area contributed by atoms with Gasteiger partial charge in [-0.2, -0.15) is 0 Å². The fourth-order valence-corrected chi connectivity index (χ4v) is 1.95. The molecule has 114 valence electrons. The molecule has 0 amide bonds. The van der Waals surface area contributed by atoms with Crippen LogP contribution >= 0.6 is 0 Å². The van der Waals surface area contributed by atoms with Crippen molar-refractivity contribution in [2.45, 2.75) is 45.3 Å². The molecule has 0 heterocycles. The molecule has 0 radical (unpaired) electrons. The van der Waals surface area contributed by atoms with Crippen LogP contribution in [0.2, 0.25) is 0 Å². The zero-order valence-electron chi connectivity index (χ0n) is 13.0. The van der Waals surface area contributed by atoms with Gasteiger partial charge in [0, 0.05) is 26.2 Å². The summed E-state index contributed by atoms with van der Waals surface area (Å²) in [4.78, 5) is 0. The van der Waals surface area contributed by atoms with Crippen molar-refractivity contribution in [2.24, 2.45) is 5.73 Å². The summed E-state index contributed by atoms with van der Waals surface area (Å²) in [6.45, 7) is 4.81. The average molecular weight is 281 g/mol. The Balaban J connectivity index is 2.77. The molecule has 0 fully saturated rings. The van der Waals surface area contributed by atoms with E-state index in [0.29, 0.717) is 6.61 Å². The van der Waals surface area contributed by atoms with Crippen LogP contribution in [0.3, 0.4) is 0 Å². The number of nitrogens with two attached hydrogens (primary N) is 1. The second-order valence-electron chi connectivity index (χ2n) is 5.07. The fraction of sp³-hybridized carbons (Fsp3) is 0.625. The number of benzene rings is 1. The van der Waals surface area contributed by atoms with Crippen LogP contribution in [-0.2, 0) is 11.2 Å². The summed E-state index contributed by atoms with van der Waals surface area (Å²) in [6.07, 6.45) is 2.74. The van der Waals surface area contributed by atoms with Gasteiger partial charge >= 0.3 is 0 Å². The molecule has 0 aliphatic heterocycles. The molecule has 1 aromatic carbocycles. The molecule has 20 heavy (non-hydrogen) atoms. The zero-order valence-corrected chi connectivity index (χ0v) is 13.0. The van der Waals surface area contributed by atoms with Gasteiger partial charge in [0.05, 0.1) is 13.2 Å². The molecule has 0 saturated heterocycles. The molecule has 2 N–H and O–H groups in total. The lowest BCUT2D eigenvalue weighted by Crippen LogP contribution is -2.21. The standard InChI is InChI=1S/C16H27NO3/c1-5-14(17)10-13-6-7-15(19-4)16(11-13)20-12(2)8-9-18-3/h6-7,11-12,14H,5,8-10,17H2,1-4H3. The van der Waals surface area contributed by atoms with Crippen LogP contribution in [0.1, 0.15) is 32.3 Å². The van der Waals surface area contributed by atoms with Crippen LogP contribution in [0.5, 0.6) is 11.5 Å². The predicted octanol–water partition coefficient (Wildman–Crippen LogP) is 2.78. The Bertz CT molecular complexity index is 395. The highest BCUT2D eigenvalue weighted by Crippen LogP contribution is 2.29. The minimum Gasteiger partial charge on any atom is -0.493 e. The second-order valence-corrected chi connectivity index (χ2v) is 5.07. The first-order valence-electron chi connectivity index (χ1n) is 7.18. The lowest BCUT2D eigenvalue weighted by Gasteiger charge is -2.18. The topological polar surface area (TPSA) is 53.7 Å². The maximum atomic E-state index is 6.00. The van der Waals surface area contributed by atoms with Crippen LogP contribution in [0, 0.1) is 0 Å². The molecule has 0 saturated carbocycles. The molecule has 0 spiro atoms. The summed E-state index contributed by atoms with van der Waals surface area (Å²) in [5, 5.41) is 0. The Morgan fingerprint density at radius 1 is 1.20 bits per heavy atom. The van der Waals surface area contributed by atoms with Gasteiger partial charge in [-0.25, -0.2) is 0 Å². The fourth-order valence-electron chi connectivity index (χ4n) is 1.95. The van der Waals surface area contributed by atoms with Crippen LogP contribution in [0.4, 0.5) is 0 Å². The number of ether oxygens (including phenoxy) is 3. The minimum absolute atomic E-state index is 0.0824. The van der Waals surface area contributed by atoms with Gasteiger partial charge in [0.1, 0.15) is 0 Å². The third kappa shape index (κ3) is 5.39. The van der Waals surface area contributed by atoms with Gasteiger partial charge in [-0.1, -0.05) is 13.0 Å². The molecule has 0 aromatic heterocycles. The number of rotatable bonds is 9. The SMILES string of the molecule is CCC(N)Cc1ccc(OC)c(OC(C)CCOC)c1. The van der Waals surface area contributed by atoms with E-state index in [0.717, 1.165) is 30.8 Å². The Morgan fingerprint density at radius 3 is 2.55 bits per heavy atom. The number of methoxy groups -OCH3 is 2. The van der Waals surface area contributed by atoms with Gasteiger partial charge < -0.3 is 19.9 Å². The molecule has 1 rings (SSSR count). The Kier molecular flexibility index (Phi) is 7.41. The monoisotopic (exact) mass is 281 g/mol. The van der Waals surface area contributed by atoms with Gasteiger partial charge in [0.15, 0.2) is 11.5 Å². The van der Waals surface area contributed by atoms with E-state index >= 15 is 0 Å². The first-order valence-corrected chi connectivity index (χ1v) is 7.18. The van der Waals surface area contributed by atoms with Crippen molar-refractivity contribution in [1.82, 2.24) is 0 Å². The summed E-state index contributed by atoms with van der Waals surface area (Å²) in [5.74, 6) is 1.53. The number of hydrogen-bond donors (Lipinski definition) is 1.